The van der Waals surface area contributed by atoms with Gasteiger partial charge in [0.2, 0.25) is 0 Å². The maximum absolute atomic E-state index is 12.6. The molecule has 0 unspecified atom stereocenters. The zero-order valence-electron chi connectivity index (χ0n) is 14.5. The normalized spacial score (nSPS) is 17.4. The molecule has 134 valence electrons. The van der Waals surface area contributed by atoms with Crippen LogP contribution in [0.1, 0.15) is 19.4 Å². The molecular weight excluding hydrogens is 404 g/mol. The highest BCUT2D eigenvalue weighted by atomic mass is 79.9. The van der Waals surface area contributed by atoms with Crippen molar-refractivity contribution in [2.45, 2.75) is 13.8 Å². The summed E-state index contributed by atoms with van der Waals surface area (Å²) < 4.78 is 11.8. The zero-order valence-corrected chi connectivity index (χ0v) is 16.9. The number of halogens is 1. The number of carbonyl (C=O) groups excluding carboxylic acids is 1. The van der Waals surface area contributed by atoms with E-state index in [1.54, 1.807) is 18.1 Å². The van der Waals surface area contributed by atoms with Gasteiger partial charge in [0.05, 0.1) is 12.0 Å². The minimum absolute atomic E-state index is 0.0300. The first-order chi connectivity index (χ1) is 12.0. The van der Waals surface area contributed by atoms with Crippen LogP contribution in [0.2, 0.25) is 0 Å². The molecule has 0 radical (unpaired) electrons. The third-order valence-corrected chi connectivity index (χ3v) is 5.16. The first-order valence-corrected chi connectivity index (χ1v) is 9.53. The van der Waals surface area contributed by atoms with E-state index >= 15 is 0 Å². The van der Waals surface area contributed by atoms with Crippen molar-refractivity contribution in [1.29, 1.82) is 0 Å². The van der Waals surface area contributed by atoms with Gasteiger partial charge in [0.25, 0.3) is 5.91 Å². The van der Waals surface area contributed by atoms with Gasteiger partial charge in [-0.25, -0.2) is 0 Å². The Bertz CT molecular complexity index is 731. The zero-order chi connectivity index (χ0) is 18.4. The molecule has 1 aromatic rings. The Hall–Kier alpha value is -1.73. The van der Waals surface area contributed by atoms with Gasteiger partial charge in [-0.3, -0.25) is 14.7 Å². The molecule has 0 spiro atoms. The van der Waals surface area contributed by atoms with Gasteiger partial charge in [-0.05, 0) is 49.4 Å². The van der Waals surface area contributed by atoms with Crippen LogP contribution >= 0.6 is 27.7 Å². The summed E-state index contributed by atoms with van der Waals surface area (Å²) in [6.07, 6.45) is 3.52. The van der Waals surface area contributed by atoms with Gasteiger partial charge in [0.15, 0.2) is 16.7 Å². The molecule has 1 fully saturated rings. The van der Waals surface area contributed by atoms with Crippen LogP contribution in [0.15, 0.2) is 39.2 Å². The standard InChI is InChI=1S/C18H21BrN2O3S/c1-5-8-24-15-11-13(19)12(9-14(15)23-4)10-16-17(22)21(7-3)18(25-16)20-6-2/h5,9-11H,1,6-8H2,2-4H3/b16-10-,20-18?. The molecule has 1 aromatic carbocycles. The quantitative estimate of drug-likeness (QED) is 0.482. The largest absolute Gasteiger partial charge is 0.493 e. The first kappa shape index (κ1) is 19.6. The fourth-order valence-corrected chi connectivity index (χ4v) is 3.80. The van der Waals surface area contributed by atoms with Gasteiger partial charge >= 0.3 is 0 Å². The number of hydrogen-bond donors (Lipinski definition) is 0. The maximum Gasteiger partial charge on any atom is 0.266 e. The van der Waals surface area contributed by atoms with Crippen molar-refractivity contribution in [1.82, 2.24) is 4.90 Å². The molecule has 0 atom stereocenters. The van der Waals surface area contributed by atoms with Crippen LogP contribution in [0.5, 0.6) is 11.5 Å². The number of benzene rings is 1. The van der Waals surface area contributed by atoms with E-state index in [1.807, 2.05) is 32.1 Å². The SMILES string of the molecule is C=CCOc1cc(Br)c(/C=C2\SC(=NCC)N(CC)C2=O)cc1OC. The minimum atomic E-state index is -0.0300. The molecule has 0 aromatic heterocycles. The average Bonchev–Trinajstić information content (AvgIpc) is 2.90. The third-order valence-electron chi connectivity index (χ3n) is 3.42. The summed E-state index contributed by atoms with van der Waals surface area (Å²) in [4.78, 5) is 19.3. The van der Waals surface area contributed by atoms with Crippen LogP contribution in [-0.4, -0.2) is 42.8 Å². The molecular formula is C18H21BrN2O3S. The van der Waals surface area contributed by atoms with Gasteiger partial charge in [-0.15, -0.1) is 0 Å². The summed E-state index contributed by atoms with van der Waals surface area (Å²) in [5.74, 6) is 1.19. The Morgan fingerprint density at radius 3 is 2.72 bits per heavy atom. The molecule has 0 saturated carbocycles. The van der Waals surface area contributed by atoms with Crippen molar-refractivity contribution in [2.75, 3.05) is 26.8 Å². The molecule has 1 aliphatic rings. The van der Waals surface area contributed by atoms with E-state index in [-0.39, 0.29) is 5.91 Å². The van der Waals surface area contributed by atoms with E-state index in [2.05, 4.69) is 27.5 Å². The monoisotopic (exact) mass is 424 g/mol. The lowest BCUT2D eigenvalue weighted by molar-refractivity contribution is -0.122. The van der Waals surface area contributed by atoms with Crippen molar-refractivity contribution in [2.24, 2.45) is 4.99 Å². The summed E-state index contributed by atoms with van der Waals surface area (Å²) in [6.45, 7) is 9.17. The average molecular weight is 425 g/mol. The Morgan fingerprint density at radius 2 is 2.12 bits per heavy atom. The molecule has 25 heavy (non-hydrogen) atoms. The molecule has 2 rings (SSSR count). The number of thioether (sulfide) groups is 1. The topological polar surface area (TPSA) is 51.1 Å². The smallest absolute Gasteiger partial charge is 0.266 e. The van der Waals surface area contributed by atoms with Crippen LogP contribution in [0.3, 0.4) is 0 Å². The van der Waals surface area contributed by atoms with Gasteiger partial charge in [-0.1, -0.05) is 28.6 Å². The molecule has 1 saturated heterocycles. The molecule has 1 aliphatic heterocycles. The number of ether oxygens (including phenoxy) is 2. The summed E-state index contributed by atoms with van der Waals surface area (Å²) in [5, 5.41) is 0.746. The van der Waals surface area contributed by atoms with E-state index < -0.39 is 0 Å². The Kier molecular flexibility index (Phi) is 7.13. The molecule has 1 amide bonds. The van der Waals surface area contributed by atoms with Crippen molar-refractivity contribution < 1.29 is 14.3 Å². The van der Waals surface area contributed by atoms with Crippen LogP contribution in [0.25, 0.3) is 6.08 Å². The highest BCUT2D eigenvalue weighted by Crippen LogP contribution is 2.38. The van der Waals surface area contributed by atoms with Crippen molar-refractivity contribution >= 4 is 44.8 Å². The number of amidine groups is 1. The van der Waals surface area contributed by atoms with E-state index in [0.717, 1.165) is 15.2 Å². The lowest BCUT2D eigenvalue weighted by atomic mass is 10.2. The van der Waals surface area contributed by atoms with Gasteiger partial charge in [0.1, 0.15) is 6.61 Å². The van der Waals surface area contributed by atoms with Crippen molar-refractivity contribution in [3.63, 3.8) is 0 Å². The summed E-state index contributed by atoms with van der Waals surface area (Å²) in [6, 6.07) is 3.67. The number of hydrogen-bond acceptors (Lipinski definition) is 5. The number of rotatable bonds is 7. The molecule has 1 heterocycles. The number of likely N-dealkylation sites (N-methyl/N-ethyl adjacent to an activating group) is 1. The third kappa shape index (κ3) is 4.46. The van der Waals surface area contributed by atoms with Gasteiger partial charge < -0.3 is 9.47 Å². The highest BCUT2D eigenvalue weighted by molar-refractivity contribution is 9.10. The molecule has 7 heteroatoms. The van der Waals surface area contributed by atoms with Crippen LogP contribution in [-0.2, 0) is 4.79 Å². The summed E-state index contributed by atoms with van der Waals surface area (Å²) >= 11 is 4.93. The lowest BCUT2D eigenvalue weighted by Gasteiger charge is -2.12. The second-order valence-corrected chi connectivity index (χ2v) is 6.90. The number of nitrogens with zero attached hydrogens (tertiary/aromatic N) is 2. The second kappa shape index (κ2) is 9.10. The van der Waals surface area contributed by atoms with Crippen molar-refractivity contribution in [3.8, 4) is 11.5 Å². The van der Waals surface area contributed by atoms with Crippen LogP contribution in [0.4, 0.5) is 0 Å². The number of methoxy groups -OCH3 is 1. The van der Waals surface area contributed by atoms with Gasteiger partial charge in [-0.2, -0.15) is 0 Å². The van der Waals surface area contributed by atoms with E-state index in [1.165, 1.54) is 11.8 Å². The Morgan fingerprint density at radius 1 is 1.36 bits per heavy atom. The number of amides is 1. The Labute approximate surface area is 160 Å². The van der Waals surface area contributed by atoms with E-state index in [4.69, 9.17) is 9.47 Å². The fourth-order valence-electron chi connectivity index (χ4n) is 2.26. The Balaban J connectivity index is 2.38. The summed E-state index contributed by atoms with van der Waals surface area (Å²) in [5.41, 5.74) is 0.840. The predicted molar refractivity (Wildman–Crippen MR) is 107 cm³/mol. The predicted octanol–water partition coefficient (Wildman–Crippen LogP) is 4.33. The van der Waals surface area contributed by atoms with Crippen LogP contribution < -0.4 is 9.47 Å². The fraction of sp³-hybridized carbons (Fsp3) is 0.333. The maximum atomic E-state index is 12.6. The second-order valence-electron chi connectivity index (χ2n) is 5.04. The number of carbonyl (C=O) groups is 1. The molecule has 5 nitrogen and oxygen atoms in total. The van der Waals surface area contributed by atoms with E-state index in [0.29, 0.717) is 36.1 Å². The van der Waals surface area contributed by atoms with Gasteiger partial charge in [0, 0.05) is 17.6 Å². The molecule has 0 bridgehead atoms. The van der Waals surface area contributed by atoms with E-state index in [9.17, 15) is 4.79 Å². The van der Waals surface area contributed by atoms with Crippen LogP contribution in [0, 0.1) is 0 Å². The first-order valence-electron chi connectivity index (χ1n) is 7.92. The summed E-state index contributed by atoms with van der Waals surface area (Å²) in [7, 11) is 1.58. The number of aliphatic imine (C=N–C) groups is 1. The highest BCUT2D eigenvalue weighted by Gasteiger charge is 2.32. The molecule has 0 N–H and O–H groups in total. The lowest BCUT2D eigenvalue weighted by Crippen LogP contribution is -2.28. The van der Waals surface area contributed by atoms with Crippen molar-refractivity contribution in [3.05, 3.63) is 39.7 Å². The molecule has 0 aliphatic carbocycles. The minimum Gasteiger partial charge on any atom is -0.493 e.